The summed E-state index contributed by atoms with van der Waals surface area (Å²) in [6.45, 7) is 2.06. The van der Waals surface area contributed by atoms with E-state index in [-0.39, 0.29) is 24.1 Å². The third kappa shape index (κ3) is 4.73. The molecule has 0 bridgehead atoms. The van der Waals surface area contributed by atoms with Crippen LogP contribution in [0.25, 0.3) is 0 Å². The van der Waals surface area contributed by atoms with E-state index in [2.05, 4.69) is 5.32 Å². The summed E-state index contributed by atoms with van der Waals surface area (Å²) in [4.78, 5) is 11.7. The number of carbonyl (C=O) groups is 1. The van der Waals surface area contributed by atoms with Crippen LogP contribution in [0.1, 0.15) is 12.5 Å². The lowest BCUT2D eigenvalue weighted by molar-refractivity contribution is -0.153. The van der Waals surface area contributed by atoms with E-state index >= 15 is 0 Å². The van der Waals surface area contributed by atoms with Crippen molar-refractivity contribution in [1.82, 2.24) is 0 Å². The number of alkyl halides is 3. The maximum Gasteiger partial charge on any atom is 0.422 e. The van der Waals surface area contributed by atoms with Gasteiger partial charge in [0.1, 0.15) is 5.75 Å². The van der Waals surface area contributed by atoms with Gasteiger partial charge in [0.2, 0.25) is 5.91 Å². The maximum atomic E-state index is 12.1. The third-order valence-electron chi connectivity index (χ3n) is 2.73. The number of hydrogen-bond donors (Lipinski definition) is 2. The minimum Gasteiger partial charge on any atom is -0.484 e. The fraction of sp³-hybridized carbons (Fsp3) is 0.462. The molecule has 0 aliphatic heterocycles. The van der Waals surface area contributed by atoms with Crippen LogP contribution in [0.5, 0.6) is 5.75 Å². The number of halogens is 3. The van der Waals surface area contributed by atoms with Gasteiger partial charge in [-0.25, -0.2) is 0 Å². The van der Waals surface area contributed by atoms with Gasteiger partial charge < -0.3 is 15.8 Å². The largest absolute Gasteiger partial charge is 0.484 e. The van der Waals surface area contributed by atoms with Crippen LogP contribution in [0, 0.1) is 12.8 Å². The van der Waals surface area contributed by atoms with Crippen molar-refractivity contribution in [3.05, 3.63) is 23.8 Å². The summed E-state index contributed by atoms with van der Waals surface area (Å²) in [5, 5.41) is 2.62. The van der Waals surface area contributed by atoms with E-state index in [0.717, 1.165) is 0 Å². The zero-order valence-electron chi connectivity index (χ0n) is 11.3. The Labute approximate surface area is 115 Å². The average Bonchev–Trinajstić information content (AvgIpc) is 2.37. The van der Waals surface area contributed by atoms with Gasteiger partial charge in [-0.15, -0.1) is 0 Å². The molecule has 1 aromatic rings. The zero-order chi connectivity index (χ0) is 15.3. The first-order valence-corrected chi connectivity index (χ1v) is 6.04. The van der Waals surface area contributed by atoms with Crippen LogP contribution in [-0.2, 0) is 4.79 Å². The molecule has 7 heteroatoms. The van der Waals surface area contributed by atoms with Crippen LogP contribution in [-0.4, -0.2) is 25.2 Å². The second-order valence-electron chi connectivity index (χ2n) is 4.46. The third-order valence-corrected chi connectivity index (χ3v) is 2.73. The molecule has 0 saturated carbocycles. The lowest BCUT2D eigenvalue weighted by atomic mass is 10.1. The van der Waals surface area contributed by atoms with Crippen molar-refractivity contribution in [3.8, 4) is 5.75 Å². The van der Waals surface area contributed by atoms with Gasteiger partial charge >= 0.3 is 6.18 Å². The summed E-state index contributed by atoms with van der Waals surface area (Å²) in [6.07, 6.45) is -4.40. The molecule has 4 nitrogen and oxygen atoms in total. The van der Waals surface area contributed by atoms with Gasteiger partial charge in [0.05, 0.1) is 0 Å². The minimum atomic E-state index is -4.40. The Bertz CT molecular complexity index is 475. The second-order valence-corrected chi connectivity index (χ2v) is 4.46. The molecular weight excluding hydrogens is 273 g/mol. The van der Waals surface area contributed by atoms with Crippen molar-refractivity contribution < 1.29 is 22.7 Å². The van der Waals surface area contributed by atoms with Gasteiger partial charge in [-0.3, -0.25) is 4.79 Å². The fourth-order valence-corrected chi connectivity index (χ4v) is 1.43. The summed E-state index contributed by atoms with van der Waals surface area (Å²) >= 11 is 0. The summed E-state index contributed by atoms with van der Waals surface area (Å²) in [5.74, 6) is -0.585. The van der Waals surface area contributed by atoms with Gasteiger partial charge in [0.15, 0.2) is 6.61 Å². The normalized spacial score (nSPS) is 12.9. The molecule has 0 aliphatic rings. The van der Waals surface area contributed by atoms with Crippen molar-refractivity contribution >= 4 is 11.6 Å². The van der Waals surface area contributed by atoms with Gasteiger partial charge in [0.25, 0.3) is 0 Å². The monoisotopic (exact) mass is 290 g/mol. The lowest BCUT2D eigenvalue weighted by Gasteiger charge is -2.16. The van der Waals surface area contributed by atoms with E-state index in [0.29, 0.717) is 11.3 Å². The molecule has 1 amide bonds. The molecule has 1 unspecified atom stereocenters. The minimum absolute atomic E-state index is 0.0838. The first kappa shape index (κ1) is 16.3. The first-order valence-electron chi connectivity index (χ1n) is 6.04. The van der Waals surface area contributed by atoms with Gasteiger partial charge in [-0.05, 0) is 19.1 Å². The highest BCUT2D eigenvalue weighted by molar-refractivity contribution is 5.93. The van der Waals surface area contributed by atoms with Crippen molar-refractivity contribution in [1.29, 1.82) is 0 Å². The number of nitrogens with one attached hydrogen (secondary N) is 1. The molecule has 0 heterocycles. The predicted molar refractivity (Wildman–Crippen MR) is 69.6 cm³/mol. The Morgan fingerprint density at radius 2 is 2.10 bits per heavy atom. The standard InChI is InChI=1S/C13H17F3N2O2/c1-8(6-17)12(19)18-10-4-3-5-11(9(10)2)20-7-13(14,15)16/h3-5,8H,6-7,17H2,1-2H3,(H,18,19). The quantitative estimate of drug-likeness (QED) is 0.875. The average molecular weight is 290 g/mol. The lowest BCUT2D eigenvalue weighted by Crippen LogP contribution is -2.27. The number of nitrogens with two attached hydrogens (primary N) is 1. The van der Waals surface area contributed by atoms with Crippen LogP contribution in [0.2, 0.25) is 0 Å². The molecule has 1 atom stereocenters. The van der Waals surface area contributed by atoms with Crippen LogP contribution >= 0.6 is 0 Å². The molecule has 0 saturated heterocycles. The Morgan fingerprint density at radius 3 is 2.65 bits per heavy atom. The Morgan fingerprint density at radius 1 is 1.45 bits per heavy atom. The molecule has 1 aromatic carbocycles. The number of benzene rings is 1. The van der Waals surface area contributed by atoms with Crippen LogP contribution in [0.3, 0.4) is 0 Å². The summed E-state index contributed by atoms with van der Waals surface area (Å²) < 4.78 is 41.1. The van der Waals surface area contributed by atoms with Gasteiger partial charge in [-0.1, -0.05) is 13.0 Å². The molecule has 0 aliphatic carbocycles. The number of rotatable bonds is 5. The van der Waals surface area contributed by atoms with Crippen LogP contribution in [0.15, 0.2) is 18.2 Å². The number of hydrogen-bond acceptors (Lipinski definition) is 3. The Hall–Kier alpha value is -1.76. The van der Waals surface area contributed by atoms with Crippen molar-refractivity contribution in [2.24, 2.45) is 11.7 Å². The molecule has 1 rings (SSSR count). The number of anilines is 1. The number of carbonyl (C=O) groups excluding carboxylic acids is 1. The molecule has 0 spiro atoms. The zero-order valence-corrected chi connectivity index (χ0v) is 11.3. The van der Waals surface area contributed by atoms with Crippen molar-refractivity contribution in [2.75, 3.05) is 18.5 Å². The maximum absolute atomic E-state index is 12.1. The molecule has 20 heavy (non-hydrogen) atoms. The topological polar surface area (TPSA) is 64.4 Å². The highest BCUT2D eigenvalue weighted by Crippen LogP contribution is 2.27. The molecule has 112 valence electrons. The van der Waals surface area contributed by atoms with Gasteiger partial charge in [0, 0.05) is 23.7 Å². The van der Waals surface area contributed by atoms with Crippen molar-refractivity contribution in [3.63, 3.8) is 0 Å². The van der Waals surface area contributed by atoms with E-state index in [1.54, 1.807) is 19.9 Å². The summed E-state index contributed by atoms with van der Waals surface area (Å²) in [6, 6.07) is 4.53. The second kappa shape index (κ2) is 6.60. The van der Waals surface area contributed by atoms with Gasteiger partial charge in [-0.2, -0.15) is 13.2 Å². The molecule has 3 N–H and O–H groups in total. The molecule has 0 radical (unpaired) electrons. The van der Waals surface area contributed by atoms with E-state index < -0.39 is 12.8 Å². The summed E-state index contributed by atoms with van der Waals surface area (Å²) in [5.41, 5.74) is 6.23. The SMILES string of the molecule is Cc1c(NC(=O)C(C)CN)cccc1OCC(F)(F)F. The van der Waals surface area contributed by atoms with E-state index in [4.69, 9.17) is 10.5 Å². The molecule has 0 fully saturated rings. The van der Waals surface area contributed by atoms with Crippen molar-refractivity contribution in [2.45, 2.75) is 20.0 Å². The highest BCUT2D eigenvalue weighted by Gasteiger charge is 2.28. The molecule has 0 aromatic heterocycles. The van der Waals surface area contributed by atoms with Crippen LogP contribution in [0.4, 0.5) is 18.9 Å². The predicted octanol–water partition coefficient (Wildman–Crippen LogP) is 2.47. The van der Waals surface area contributed by atoms with E-state index in [9.17, 15) is 18.0 Å². The van der Waals surface area contributed by atoms with E-state index in [1.807, 2.05) is 0 Å². The number of amides is 1. The van der Waals surface area contributed by atoms with E-state index in [1.165, 1.54) is 12.1 Å². The highest BCUT2D eigenvalue weighted by atomic mass is 19.4. The van der Waals surface area contributed by atoms with Crippen LogP contribution < -0.4 is 15.8 Å². The smallest absolute Gasteiger partial charge is 0.422 e. The Kier molecular flexibility index (Phi) is 5.38. The number of ether oxygens (including phenoxy) is 1. The fourth-order valence-electron chi connectivity index (χ4n) is 1.43. The summed E-state index contributed by atoms with van der Waals surface area (Å²) in [7, 11) is 0. The first-order chi connectivity index (χ1) is 9.24. The molecular formula is C13H17F3N2O2. The Balaban J connectivity index is 2.82.